The number of carbonyl (C=O) groups excluding carboxylic acids is 1. The van der Waals surface area contributed by atoms with Crippen LogP contribution < -0.4 is 5.32 Å². The molecule has 3 aliphatic heterocycles. The standard InChI is InChI=1S/C31H58N2O6/c1-12-23-30(10,36)26(34)22(5)33(11)18-19(2)17-29(9)25(28(6,7)8)20(3)24(21(4)27(35)37-23)38-31(39-29)13-15-32-16-14-31/h19-26,32,34,36H,12-18H2,1-11H3. The van der Waals surface area contributed by atoms with Crippen LogP contribution in [0.3, 0.4) is 0 Å². The van der Waals surface area contributed by atoms with Gasteiger partial charge in [-0.1, -0.05) is 41.5 Å². The Hall–Kier alpha value is -0.770. The van der Waals surface area contributed by atoms with Crippen LogP contribution in [-0.2, 0) is 19.0 Å². The van der Waals surface area contributed by atoms with Crippen LogP contribution >= 0.6 is 0 Å². The molecule has 0 aliphatic carbocycles. The largest absolute Gasteiger partial charge is 0.459 e. The smallest absolute Gasteiger partial charge is 0.311 e. The quantitative estimate of drug-likeness (QED) is 0.419. The van der Waals surface area contributed by atoms with Crippen molar-refractivity contribution in [3.63, 3.8) is 0 Å². The van der Waals surface area contributed by atoms with Crippen molar-refractivity contribution in [3.05, 3.63) is 0 Å². The van der Waals surface area contributed by atoms with Crippen LogP contribution in [0.2, 0.25) is 0 Å². The fraction of sp³-hybridized carbons (Fsp3) is 0.968. The maximum atomic E-state index is 13.8. The van der Waals surface area contributed by atoms with Gasteiger partial charge in [0.05, 0.1) is 17.6 Å². The highest BCUT2D eigenvalue weighted by Gasteiger charge is 2.58. The molecule has 2 bridgehead atoms. The third-order valence-corrected chi connectivity index (χ3v) is 10.0. The molecule has 0 saturated carbocycles. The topological polar surface area (TPSA) is 100 Å². The van der Waals surface area contributed by atoms with Gasteiger partial charge >= 0.3 is 5.97 Å². The lowest BCUT2D eigenvalue weighted by Gasteiger charge is -2.50. The number of fused-ring (bicyclic) bond motifs is 3. The number of rotatable bonds is 1. The maximum absolute atomic E-state index is 13.8. The van der Waals surface area contributed by atoms with Crippen molar-refractivity contribution in [2.75, 3.05) is 26.7 Å². The third-order valence-electron chi connectivity index (χ3n) is 10.0. The van der Waals surface area contributed by atoms with E-state index in [9.17, 15) is 15.0 Å². The number of nitrogens with zero attached hydrogens (tertiary/aromatic N) is 1. The van der Waals surface area contributed by atoms with Crippen LogP contribution in [0, 0.1) is 29.1 Å². The van der Waals surface area contributed by atoms with Gasteiger partial charge in [-0.05, 0) is 70.8 Å². The summed E-state index contributed by atoms with van der Waals surface area (Å²) in [4.78, 5) is 15.9. The first-order chi connectivity index (χ1) is 17.9. The first-order valence-electron chi connectivity index (χ1n) is 15.3. The van der Waals surface area contributed by atoms with Crippen molar-refractivity contribution in [2.45, 2.75) is 136 Å². The zero-order valence-electron chi connectivity index (χ0n) is 26.5. The van der Waals surface area contributed by atoms with Gasteiger partial charge in [-0.15, -0.1) is 0 Å². The summed E-state index contributed by atoms with van der Waals surface area (Å²) in [5.41, 5.74) is -2.23. The number of aliphatic hydroxyl groups excluding tert-OH is 1. The van der Waals surface area contributed by atoms with E-state index in [1.54, 1.807) is 6.92 Å². The SMILES string of the molecule is CCC1OC(=O)C(C)C2OC3(CCNCC3)OC(C)(CC(C)CN(C)C(C)C(O)C1(C)O)C(C(C)(C)C)C2C. The molecule has 3 rings (SSSR count). The second-order valence-corrected chi connectivity index (χ2v) is 14.6. The number of likely N-dealkylation sites (N-methyl/N-ethyl adjacent to an activating group) is 1. The number of piperidine rings is 1. The van der Waals surface area contributed by atoms with E-state index in [0.29, 0.717) is 19.3 Å². The highest BCUT2D eigenvalue weighted by Crippen LogP contribution is 2.53. The minimum Gasteiger partial charge on any atom is -0.459 e. The summed E-state index contributed by atoms with van der Waals surface area (Å²) in [6.07, 6.45) is 0.255. The molecule has 39 heavy (non-hydrogen) atoms. The molecule has 10 unspecified atom stereocenters. The van der Waals surface area contributed by atoms with Crippen LogP contribution in [0.5, 0.6) is 0 Å². The van der Waals surface area contributed by atoms with Gasteiger partial charge in [-0.3, -0.25) is 4.79 Å². The molecule has 0 aromatic heterocycles. The average Bonchev–Trinajstić information content (AvgIpc) is 2.91. The molecule has 0 radical (unpaired) electrons. The van der Waals surface area contributed by atoms with Crippen molar-refractivity contribution in [1.82, 2.24) is 10.2 Å². The summed E-state index contributed by atoms with van der Waals surface area (Å²) in [5, 5.41) is 26.3. The average molecular weight is 555 g/mol. The molecule has 3 saturated heterocycles. The zero-order chi connectivity index (χ0) is 29.6. The zero-order valence-corrected chi connectivity index (χ0v) is 26.5. The van der Waals surface area contributed by atoms with Gasteiger partial charge in [0.2, 0.25) is 0 Å². The summed E-state index contributed by atoms with van der Waals surface area (Å²) >= 11 is 0. The highest BCUT2D eigenvalue weighted by molar-refractivity contribution is 5.73. The molecule has 0 aromatic carbocycles. The molecular formula is C31H58N2O6. The van der Waals surface area contributed by atoms with Crippen LogP contribution in [0.15, 0.2) is 0 Å². The van der Waals surface area contributed by atoms with E-state index >= 15 is 0 Å². The summed E-state index contributed by atoms with van der Waals surface area (Å²) in [5.74, 6) is -1.41. The number of carbonyl (C=O) groups is 1. The van der Waals surface area contributed by atoms with Crippen LogP contribution in [0.1, 0.15) is 94.9 Å². The van der Waals surface area contributed by atoms with Gasteiger partial charge in [-0.25, -0.2) is 0 Å². The second-order valence-electron chi connectivity index (χ2n) is 14.6. The molecule has 3 heterocycles. The van der Waals surface area contributed by atoms with Gasteiger partial charge in [0.25, 0.3) is 0 Å². The molecule has 8 heteroatoms. The fourth-order valence-electron chi connectivity index (χ4n) is 8.40. The Labute approximate surface area is 237 Å². The van der Waals surface area contributed by atoms with Gasteiger partial charge < -0.3 is 34.6 Å². The molecule has 3 aliphatic rings. The number of hydrogen-bond donors (Lipinski definition) is 3. The Kier molecular flexibility index (Phi) is 9.94. The van der Waals surface area contributed by atoms with Crippen molar-refractivity contribution in [1.29, 1.82) is 0 Å². The Balaban J connectivity index is 2.19. The van der Waals surface area contributed by atoms with Crippen molar-refractivity contribution in [3.8, 4) is 0 Å². The third kappa shape index (κ3) is 6.67. The van der Waals surface area contributed by atoms with Crippen molar-refractivity contribution in [2.24, 2.45) is 29.1 Å². The van der Waals surface area contributed by atoms with Crippen LogP contribution in [-0.4, -0.2) is 89.1 Å². The highest BCUT2D eigenvalue weighted by atomic mass is 16.7. The fourth-order valence-corrected chi connectivity index (χ4v) is 8.40. The first kappa shape index (κ1) is 32.7. The van der Waals surface area contributed by atoms with E-state index in [1.807, 2.05) is 27.8 Å². The van der Waals surface area contributed by atoms with Gasteiger partial charge in [-0.2, -0.15) is 0 Å². The summed E-state index contributed by atoms with van der Waals surface area (Å²) in [6, 6.07) is -0.345. The Morgan fingerprint density at radius 2 is 1.69 bits per heavy atom. The molecule has 0 aromatic rings. The summed E-state index contributed by atoms with van der Waals surface area (Å²) in [6.45, 7) is 23.1. The van der Waals surface area contributed by atoms with E-state index in [0.717, 1.165) is 26.1 Å². The van der Waals surface area contributed by atoms with E-state index in [1.165, 1.54) is 0 Å². The van der Waals surface area contributed by atoms with Crippen molar-refractivity contribution < 1.29 is 29.2 Å². The number of esters is 1. The molecule has 228 valence electrons. The van der Waals surface area contributed by atoms with Gasteiger partial charge in [0.15, 0.2) is 5.79 Å². The second kappa shape index (κ2) is 11.8. The molecular weight excluding hydrogens is 496 g/mol. The lowest BCUT2D eigenvalue weighted by molar-refractivity contribution is -0.309. The normalized spacial score (nSPS) is 45.3. The van der Waals surface area contributed by atoms with E-state index in [-0.39, 0.29) is 29.2 Å². The lowest BCUT2D eigenvalue weighted by atomic mass is 9.61. The Morgan fingerprint density at radius 3 is 2.23 bits per heavy atom. The lowest BCUT2D eigenvalue weighted by Crippen LogP contribution is -2.59. The monoisotopic (exact) mass is 554 g/mol. The number of hydrogen-bond acceptors (Lipinski definition) is 8. The summed E-state index contributed by atoms with van der Waals surface area (Å²) in [7, 11) is 1.99. The molecule has 10 atom stereocenters. The van der Waals surface area contributed by atoms with Gasteiger partial charge in [0.1, 0.15) is 17.8 Å². The van der Waals surface area contributed by atoms with Gasteiger partial charge in [0, 0.05) is 38.5 Å². The van der Waals surface area contributed by atoms with E-state index < -0.39 is 47.2 Å². The minimum atomic E-state index is -1.61. The van der Waals surface area contributed by atoms with E-state index in [4.69, 9.17) is 14.2 Å². The number of cyclic esters (lactones) is 1. The molecule has 8 nitrogen and oxygen atoms in total. The Morgan fingerprint density at radius 1 is 1.10 bits per heavy atom. The number of nitrogens with one attached hydrogen (secondary N) is 1. The first-order valence-corrected chi connectivity index (χ1v) is 15.3. The Bertz CT molecular complexity index is 837. The van der Waals surface area contributed by atoms with Crippen LogP contribution in [0.4, 0.5) is 0 Å². The number of ether oxygens (including phenoxy) is 3. The molecule has 0 amide bonds. The molecule has 3 fully saturated rings. The maximum Gasteiger partial charge on any atom is 0.311 e. The van der Waals surface area contributed by atoms with E-state index in [2.05, 4.69) is 51.8 Å². The predicted molar refractivity (Wildman–Crippen MR) is 153 cm³/mol. The summed E-state index contributed by atoms with van der Waals surface area (Å²) < 4.78 is 20.3. The molecule has 1 spiro atoms. The number of aliphatic hydroxyl groups is 2. The predicted octanol–water partition coefficient (Wildman–Crippen LogP) is 3.97. The van der Waals surface area contributed by atoms with Crippen LogP contribution in [0.25, 0.3) is 0 Å². The van der Waals surface area contributed by atoms with Crippen molar-refractivity contribution >= 4 is 5.97 Å². The molecule has 3 N–H and O–H groups in total. The minimum absolute atomic E-state index is 0.00645.